The Morgan fingerprint density at radius 2 is 1.43 bits per heavy atom. The zero-order valence-corrected chi connectivity index (χ0v) is 12.5. The number of para-hydroxylation sites is 1. The van der Waals surface area contributed by atoms with E-state index in [0.29, 0.717) is 0 Å². The maximum Gasteiger partial charge on any atom is 0.339 e. The predicted molar refractivity (Wildman–Crippen MR) is 78.7 cm³/mol. The fourth-order valence-corrected chi connectivity index (χ4v) is 2.81. The van der Waals surface area contributed by atoms with Crippen molar-refractivity contribution in [3.05, 3.63) is 68.3 Å². The molecule has 2 rings (SSSR count). The van der Waals surface area contributed by atoms with Crippen molar-refractivity contribution in [2.45, 2.75) is 11.8 Å². The van der Waals surface area contributed by atoms with Crippen LogP contribution in [0.25, 0.3) is 0 Å². The van der Waals surface area contributed by atoms with Gasteiger partial charge in [-0.25, -0.2) is 0 Å². The third kappa shape index (κ3) is 3.43. The molecule has 2 aromatic rings. The normalized spacial score (nSPS) is 11.0. The average Bonchev–Trinajstić information content (AvgIpc) is 2.47. The lowest BCUT2D eigenvalue weighted by atomic mass is 10.1. The summed E-state index contributed by atoms with van der Waals surface area (Å²) < 4.78 is 29.2. The number of nitrogens with zero attached hydrogens (tertiary/aromatic N) is 2. The first kappa shape index (κ1) is 16.4. The van der Waals surface area contributed by atoms with Crippen LogP contribution in [-0.2, 0) is 10.1 Å². The van der Waals surface area contributed by atoms with Crippen LogP contribution in [0.15, 0.2) is 47.4 Å². The first-order chi connectivity index (χ1) is 10.7. The number of nitro groups is 2. The van der Waals surface area contributed by atoms with Gasteiger partial charge in [0.2, 0.25) is 0 Å². The molecule has 0 heterocycles. The molecule has 0 fully saturated rings. The Bertz CT molecular complexity index is 843. The SMILES string of the molecule is Cc1c([N+](=O)[O-])cc(S(=O)(=O)Oc2ccccc2)cc1[N+](=O)[O-]. The van der Waals surface area contributed by atoms with E-state index in [4.69, 9.17) is 4.18 Å². The van der Waals surface area contributed by atoms with Gasteiger partial charge in [0.05, 0.1) is 9.85 Å². The van der Waals surface area contributed by atoms with Crippen molar-refractivity contribution in [2.75, 3.05) is 0 Å². The van der Waals surface area contributed by atoms with Crippen LogP contribution in [0.4, 0.5) is 11.4 Å². The average molecular weight is 338 g/mol. The van der Waals surface area contributed by atoms with Gasteiger partial charge in [0.25, 0.3) is 11.4 Å². The first-order valence-corrected chi connectivity index (χ1v) is 7.56. The molecule has 9 nitrogen and oxygen atoms in total. The molecule has 0 atom stereocenters. The van der Waals surface area contributed by atoms with Crippen molar-refractivity contribution >= 4 is 21.5 Å². The van der Waals surface area contributed by atoms with E-state index < -0.39 is 36.2 Å². The lowest BCUT2D eigenvalue weighted by Crippen LogP contribution is -2.11. The summed E-state index contributed by atoms with van der Waals surface area (Å²) in [5, 5.41) is 22.0. The third-order valence-corrected chi connectivity index (χ3v) is 4.18. The number of hydrogen-bond acceptors (Lipinski definition) is 7. The van der Waals surface area contributed by atoms with E-state index >= 15 is 0 Å². The summed E-state index contributed by atoms with van der Waals surface area (Å²) in [6.07, 6.45) is 0. The largest absolute Gasteiger partial charge is 0.379 e. The van der Waals surface area contributed by atoms with E-state index in [1.807, 2.05) is 0 Å². The fraction of sp³-hybridized carbons (Fsp3) is 0.0769. The van der Waals surface area contributed by atoms with E-state index in [-0.39, 0.29) is 11.3 Å². The molecule has 0 amide bonds. The van der Waals surface area contributed by atoms with Crippen molar-refractivity contribution < 1.29 is 22.4 Å². The molecule has 0 N–H and O–H groups in total. The Kier molecular flexibility index (Phi) is 4.27. The Balaban J connectivity index is 2.58. The van der Waals surface area contributed by atoms with Crippen LogP contribution >= 0.6 is 0 Å². The molecule has 0 aliphatic carbocycles. The van der Waals surface area contributed by atoms with Gasteiger partial charge in [-0.15, -0.1) is 0 Å². The molecule has 2 aromatic carbocycles. The summed E-state index contributed by atoms with van der Waals surface area (Å²) in [5.74, 6) is -0.0154. The third-order valence-electron chi connectivity index (χ3n) is 2.96. The van der Waals surface area contributed by atoms with Gasteiger partial charge in [-0.2, -0.15) is 8.42 Å². The van der Waals surface area contributed by atoms with Crippen LogP contribution in [0.3, 0.4) is 0 Å². The van der Waals surface area contributed by atoms with Gasteiger partial charge in [-0.3, -0.25) is 20.2 Å². The van der Waals surface area contributed by atoms with Crippen LogP contribution < -0.4 is 4.18 Å². The molecule has 0 saturated carbocycles. The highest BCUT2D eigenvalue weighted by Crippen LogP contribution is 2.32. The first-order valence-electron chi connectivity index (χ1n) is 6.15. The quantitative estimate of drug-likeness (QED) is 0.465. The number of rotatable bonds is 5. The molecule has 0 aliphatic rings. The predicted octanol–water partition coefficient (Wildman–Crippen LogP) is 2.58. The Labute approximate surface area is 130 Å². The highest BCUT2D eigenvalue weighted by molar-refractivity contribution is 7.87. The molecule has 0 saturated heterocycles. The van der Waals surface area contributed by atoms with E-state index in [1.54, 1.807) is 6.07 Å². The van der Waals surface area contributed by atoms with Gasteiger partial charge in [0.15, 0.2) is 0 Å². The molecule has 0 radical (unpaired) electrons. The van der Waals surface area contributed by atoms with Crippen LogP contribution in [-0.4, -0.2) is 18.3 Å². The summed E-state index contributed by atoms with van der Waals surface area (Å²) in [5.41, 5.74) is -1.58. The van der Waals surface area contributed by atoms with Crippen molar-refractivity contribution in [1.29, 1.82) is 0 Å². The summed E-state index contributed by atoms with van der Waals surface area (Å²) in [4.78, 5) is 19.5. The molecule has 120 valence electrons. The lowest BCUT2D eigenvalue weighted by Gasteiger charge is -2.08. The van der Waals surface area contributed by atoms with E-state index in [2.05, 4.69) is 0 Å². The number of benzene rings is 2. The van der Waals surface area contributed by atoms with E-state index in [1.165, 1.54) is 31.2 Å². The lowest BCUT2D eigenvalue weighted by molar-refractivity contribution is -0.395. The molecule has 0 unspecified atom stereocenters. The highest BCUT2D eigenvalue weighted by Gasteiger charge is 2.29. The van der Waals surface area contributed by atoms with Gasteiger partial charge in [0.1, 0.15) is 16.2 Å². The summed E-state index contributed by atoms with van der Waals surface area (Å²) in [7, 11) is -4.45. The van der Waals surface area contributed by atoms with Crippen molar-refractivity contribution in [1.82, 2.24) is 0 Å². The smallest absolute Gasteiger partial charge is 0.339 e. The molecule has 0 spiro atoms. The van der Waals surface area contributed by atoms with Gasteiger partial charge in [-0.1, -0.05) is 18.2 Å². The maximum absolute atomic E-state index is 12.2. The zero-order chi connectivity index (χ0) is 17.2. The second kappa shape index (κ2) is 6.01. The van der Waals surface area contributed by atoms with Crippen LogP contribution in [0.2, 0.25) is 0 Å². The van der Waals surface area contributed by atoms with E-state index in [0.717, 1.165) is 12.1 Å². The minimum Gasteiger partial charge on any atom is -0.379 e. The molecular weight excluding hydrogens is 328 g/mol. The van der Waals surface area contributed by atoms with Crippen LogP contribution in [0.5, 0.6) is 5.75 Å². The Morgan fingerprint density at radius 1 is 0.957 bits per heavy atom. The standard InChI is InChI=1S/C13H10N2O7S/c1-9-12(14(16)17)7-11(8-13(9)15(18)19)23(20,21)22-10-5-3-2-4-6-10/h2-8H,1H3. The van der Waals surface area contributed by atoms with Crippen molar-refractivity contribution in [3.8, 4) is 5.75 Å². The fourth-order valence-electron chi connectivity index (χ4n) is 1.83. The monoisotopic (exact) mass is 338 g/mol. The minimum absolute atomic E-state index is 0.0154. The van der Waals surface area contributed by atoms with E-state index in [9.17, 15) is 28.6 Å². The van der Waals surface area contributed by atoms with Crippen LogP contribution in [0.1, 0.15) is 5.56 Å². The van der Waals surface area contributed by atoms with Gasteiger partial charge in [0, 0.05) is 12.1 Å². The second-order valence-corrected chi connectivity index (χ2v) is 6.00. The summed E-state index contributed by atoms with van der Waals surface area (Å²) in [6.45, 7) is 1.17. The number of nitro benzene ring substituents is 2. The topological polar surface area (TPSA) is 130 Å². The highest BCUT2D eigenvalue weighted by atomic mass is 32.2. The maximum atomic E-state index is 12.2. The summed E-state index contributed by atoms with van der Waals surface area (Å²) in [6, 6.07) is 8.92. The number of hydrogen-bond donors (Lipinski definition) is 0. The Hall–Kier alpha value is -3.01. The minimum atomic E-state index is -4.45. The molecule has 10 heteroatoms. The van der Waals surface area contributed by atoms with Crippen LogP contribution in [0, 0.1) is 27.2 Å². The zero-order valence-electron chi connectivity index (χ0n) is 11.7. The molecule has 23 heavy (non-hydrogen) atoms. The molecular formula is C13H10N2O7S. The molecule has 0 aliphatic heterocycles. The van der Waals surface area contributed by atoms with Gasteiger partial charge in [-0.05, 0) is 19.1 Å². The second-order valence-electron chi connectivity index (χ2n) is 4.45. The van der Waals surface area contributed by atoms with Crippen molar-refractivity contribution in [3.63, 3.8) is 0 Å². The van der Waals surface area contributed by atoms with Crippen molar-refractivity contribution in [2.24, 2.45) is 0 Å². The summed E-state index contributed by atoms with van der Waals surface area (Å²) >= 11 is 0. The molecule has 0 aromatic heterocycles. The molecule has 0 bridgehead atoms. The van der Waals surface area contributed by atoms with Gasteiger partial charge < -0.3 is 4.18 Å². The Morgan fingerprint density at radius 3 is 1.87 bits per heavy atom. The van der Waals surface area contributed by atoms with Gasteiger partial charge >= 0.3 is 10.1 Å².